The molecule has 0 saturated heterocycles. The molecule has 0 fully saturated rings. The molecule has 3 N–H and O–H groups in total. The van der Waals surface area contributed by atoms with Crippen molar-refractivity contribution < 1.29 is 5.11 Å². The summed E-state index contributed by atoms with van der Waals surface area (Å²) in [6.45, 7) is 4.70. The summed E-state index contributed by atoms with van der Waals surface area (Å²) in [7, 11) is 0. The number of aryl methyl sites for hydroxylation is 2. The third kappa shape index (κ3) is 3.22. The zero-order valence-electron chi connectivity index (χ0n) is 11.6. The van der Waals surface area contributed by atoms with Gasteiger partial charge in [-0.1, -0.05) is 48.0 Å². The molecule has 2 aromatic rings. The van der Waals surface area contributed by atoms with Crippen LogP contribution in [-0.4, -0.2) is 11.7 Å². The summed E-state index contributed by atoms with van der Waals surface area (Å²) in [5, 5.41) is 10.6. The average Bonchev–Trinajstić information content (AvgIpc) is 2.41. The van der Waals surface area contributed by atoms with Crippen LogP contribution in [0.2, 0.25) is 0 Å². The van der Waals surface area contributed by atoms with Gasteiger partial charge in [0.2, 0.25) is 0 Å². The molecule has 0 aromatic heterocycles. The molecule has 2 nitrogen and oxygen atoms in total. The summed E-state index contributed by atoms with van der Waals surface area (Å²) in [6, 6.07) is 14.2. The molecule has 0 aliphatic rings. The number of nitrogens with two attached hydrogens (primary N) is 1. The fraction of sp³-hybridized carbons (Fsp3) is 0.294. The van der Waals surface area contributed by atoms with Gasteiger partial charge in [-0.3, -0.25) is 0 Å². The molecule has 0 aliphatic carbocycles. The van der Waals surface area contributed by atoms with E-state index in [2.05, 4.69) is 18.2 Å². The van der Waals surface area contributed by atoms with E-state index in [0.29, 0.717) is 6.54 Å². The molecule has 0 heterocycles. The Morgan fingerprint density at radius 2 is 1.89 bits per heavy atom. The van der Waals surface area contributed by atoms with Crippen molar-refractivity contribution >= 4 is 0 Å². The summed E-state index contributed by atoms with van der Waals surface area (Å²) in [4.78, 5) is 0. The van der Waals surface area contributed by atoms with E-state index in [0.717, 1.165) is 28.7 Å². The molecule has 2 heteroatoms. The lowest BCUT2D eigenvalue weighted by Gasteiger charge is -2.16. The molecule has 0 saturated carbocycles. The first-order valence-corrected chi connectivity index (χ1v) is 6.66. The van der Waals surface area contributed by atoms with E-state index < -0.39 is 6.10 Å². The number of aliphatic hydroxyl groups is 1. The van der Waals surface area contributed by atoms with Crippen molar-refractivity contribution in [3.8, 4) is 0 Å². The van der Waals surface area contributed by atoms with Gasteiger partial charge in [0.05, 0.1) is 0 Å². The van der Waals surface area contributed by atoms with Gasteiger partial charge in [0.1, 0.15) is 6.10 Å². The lowest BCUT2D eigenvalue weighted by molar-refractivity contribution is 0.219. The zero-order chi connectivity index (χ0) is 13.8. The monoisotopic (exact) mass is 255 g/mol. The first-order chi connectivity index (χ1) is 9.11. The van der Waals surface area contributed by atoms with Crippen molar-refractivity contribution in [2.24, 2.45) is 5.73 Å². The zero-order valence-corrected chi connectivity index (χ0v) is 11.6. The van der Waals surface area contributed by atoms with Crippen LogP contribution in [0, 0.1) is 13.8 Å². The highest BCUT2D eigenvalue weighted by atomic mass is 16.3. The lowest BCUT2D eigenvalue weighted by atomic mass is 9.94. The summed E-state index contributed by atoms with van der Waals surface area (Å²) >= 11 is 0. The first-order valence-electron chi connectivity index (χ1n) is 6.66. The highest BCUT2D eigenvalue weighted by Gasteiger charge is 2.13. The maximum absolute atomic E-state index is 10.6. The van der Waals surface area contributed by atoms with Gasteiger partial charge in [0, 0.05) is 0 Å². The van der Waals surface area contributed by atoms with Crippen molar-refractivity contribution in [2.75, 3.05) is 6.54 Å². The van der Waals surface area contributed by atoms with Crippen LogP contribution in [0.5, 0.6) is 0 Å². The number of rotatable bonds is 4. The Kier molecular flexibility index (Phi) is 4.35. The standard InChI is InChI=1S/C17H21NO/c1-12-6-7-13(2)16(10-12)17(19)15-5-3-4-14(11-15)8-9-18/h3-7,10-11,17,19H,8-9,18H2,1-2H3. The summed E-state index contributed by atoms with van der Waals surface area (Å²) in [5.41, 5.74) is 10.9. The highest BCUT2D eigenvalue weighted by molar-refractivity contribution is 5.38. The second-order valence-corrected chi connectivity index (χ2v) is 5.05. The topological polar surface area (TPSA) is 46.2 Å². The molecule has 100 valence electrons. The van der Waals surface area contributed by atoms with Gasteiger partial charge >= 0.3 is 0 Å². The minimum atomic E-state index is -0.572. The van der Waals surface area contributed by atoms with E-state index in [-0.39, 0.29) is 0 Å². The first kappa shape index (κ1) is 13.8. The molecule has 1 unspecified atom stereocenters. The van der Waals surface area contributed by atoms with E-state index in [1.165, 1.54) is 5.56 Å². The van der Waals surface area contributed by atoms with Crippen LogP contribution in [0.15, 0.2) is 42.5 Å². The highest BCUT2D eigenvalue weighted by Crippen LogP contribution is 2.26. The van der Waals surface area contributed by atoms with Crippen LogP contribution in [0.4, 0.5) is 0 Å². The van der Waals surface area contributed by atoms with Crippen molar-refractivity contribution in [2.45, 2.75) is 26.4 Å². The fourth-order valence-electron chi connectivity index (χ4n) is 2.32. The quantitative estimate of drug-likeness (QED) is 0.882. The molecule has 0 aliphatic heterocycles. The largest absolute Gasteiger partial charge is 0.384 e. The molecule has 0 amide bonds. The van der Waals surface area contributed by atoms with Crippen LogP contribution in [0.25, 0.3) is 0 Å². The van der Waals surface area contributed by atoms with E-state index in [1.807, 2.05) is 38.1 Å². The van der Waals surface area contributed by atoms with Crippen molar-refractivity contribution in [1.29, 1.82) is 0 Å². The van der Waals surface area contributed by atoms with E-state index in [4.69, 9.17) is 5.73 Å². The normalized spacial score (nSPS) is 12.4. The van der Waals surface area contributed by atoms with Gasteiger partial charge < -0.3 is 10.8 Å². The van der Waals surface area contributed by atoms with Crippen LogP contribution in [0.1, 0.15) is 33.9 Å². The Labute approximate surface area is 114 Å². The molecule has 1 atom stereocenters. The molecule has 2 aromatic carbocycles. The van der Waals surface area contributed by atoms with Gasteiger partial charge in [-0.25, -0.2) is 0 Å². The average molecular weight is 255 g/mol. The van der Waals surface area contributed by atoms with Crippen LogP contribution < -0.4 is 5.73 Å². The molecular weight excluding hydrogens is 234 g/mol. The Morgan fingerprint density at radius 3 is 2.63 bits per heavy atom. The van der Waals surface area contributed by atoms with Crippen molar-refractivity contribution in [1.82, 2.24) is 0 Å². The van der Waals surface area contributed by atoms with E-state index >= 15 is 0 Å². The molecular formula is C17H21NO. The fourth-order valence-corrected chi connectivity index (χ4v) is 2.32. The maximum Gasteiger partial charge on any atom is 0.104 e. The number of benzene rings is 2. The van der Waals surface area contributed by atoms with Crippen LogP contribution >= 0.6 is 0 Å². The Hall–Kier alpha value is -1.64. The predicted octanol–water partition coefficient (Wildman–Crippen LogP) is 2.89. The van der Waals surface area contributed by atoms with E-state index in [1.54, 1.807) is 0 Å². The van der Waals surface area contributed by atoms with Gasteiger partial charge in [0.25, 0.3) is 0 Å². The third-order valence-electron chi connectivity index (χ3n) is 3.43. The van der Waals surface area contributed by atoms with Gasteiger partial charge in [-0.05, 0) is 49.1 Å². The van der Waals surface area contributed by atoms with Crippen LogP contribution in [-0.2, 0) is 6.42 Å². The summed E-state index contributed by atoms with van der Waals surface area (Å²) in [5.74, 6) is 0. The number of hydrogen-bond donors (Lipinski definition) is 2. The molecule has 0 radical (unpaired) electrons. The van der Waals surface area contributed by atoms with Crippen molar-refractivity contribution in [3.63, 3.8) is 0 Å². The Balaban J connectivity index is 2.35. The molecule has 0 spiro atoms. The third-order valence-corrected chi connectivity index (χ3v) is 3.43. The molecule has 0 bridgehead atoms. The minimum absolute atomic E-state index is 0.572. The minimum Gasteiger partial charge on any atom is -0.384 e. The lowest BCUT2D eigenvalue weighted by Crippen LogP contribution is -2.06. The number of hydrogen-bond acceptors (Lipinski definition) is 2. The summed E-state index contributed by atoms with van der Waals surface area (Å²) in [6.07, 6.45) is 0.269. The second kappa shape index (κ2) is 6.00. The Morgan fingerprint density at radius 1 is 1.11 bits per heavy atom. The molecule has 2 rings (SSSR count). The second-order valence-electron chi connectivity index (χ2n) is 5.05. The van der Waals surface area contributed by atoms with Gasteiger partial charge in [0.15, 0.2) is 0 Å². The van der Waals surface area contributed by atoms with E-state index in [9.17, 15) is 5.11 Å². The van der Waals surface area contributed by atoms with Gasteiger partial charge in [-0.2, -0.15) is 0 Å². The van der Waals surface area contributed by atoms with Crippen molar-refractivity contribution in [3.05, 3.63) is 70.3 Å². The van der Waals surface area contributed by atoms with Gasteiger partial charge in [-0.15, -0.1) is 0 Å². The molecule has 19 heavy (non-hydrogen) atoms. The number of aliphatic hydroxyl groups excluding tert-OH is 1. The predicted molar refractivity (Wildman–Crippen MR) is 79.2 cm³/mol. The summed E-state index contributed by atoms with van der Waals surface area (Å²) < 4.78 is 0. The maximum atomic E-state index is 10.6. The van der Waals surface area contributed by atoms with Crippen LogP contribution in [0.3, 0.4) is 0 Å². The smallest absolute Gasteiger partial charge is 0.104 e. The SMILES string of the molecule is Cc1ccc(C)c(C(O)c2cccc(CCN)c2)c1. The Bertz CT molecular complexity index is 563.